The fourth-order valence-electron chi connectivity index (χ4n) is 8.97. The molecule has 0 radical (unpaired) electrons. The Hall–Kier alpha value is -1.02. The first kappa shape index (κ1) is 67.0. The van der Waals surface area contributed by atoms with Crippen LogP contribution in [0.25, 0.3) is 0 Å². The molecule has 0 heterocycles. The summed E-state index contributed by atoms with van der Waals surface area (Å²) in [6, 6.07) is 0. The Morgan fingerprint density at radius 2 is 0.779 bits per heavy atom. The van der Waals surface area contributed by atoms with Crippen LogP contribution in [0.3, 0.4) is 0 Å². The number of allylic oxidation sites excluding steroid dienone is 4. The molecule has 0 saturated heterocycles. The van der Waals surface area contributed by atoms with E-state index in [0.717, 1.165) is 38.5 Å². The van der Waals surface area contributed by atoms with Gasteiger partial charge in [-0.2, -0.15) is 0 Å². The van der Waals surface area contributed by atoms with Crippen LogP contribution in [-0.2, 0) is 27.9 Å². The Labute approximate surface area is 423 Å². The summed E-state index contributed by atoms with van der Waals surface area (Å²) < 4.78 is 33.7. The zero-order chi connectivity index (χ0) is 49.4. The summed E-state index contributed by atoms with van der Waals surface area (Å²) in [5.41, 5.74) is 5.41. The lowest BCUT2D eigenvalue weighted by Crippen LogP contribution is -2.28. The summed E-state index contributed by atoms with van der Waals surface area (Å²) in [4.78, 5) is 22.7. The van der Waals surface area contributed by atoms with Crippen molar-refractivity contribution in [3.05, 3.63) is 24.3 Å². The highest BCUT2D eigenvalue weighted by Gasteiger charge is 2.25. The minimum Gasteiger partial charge on any atom is -0.457 e. The average molecular weight is 983 g/mol. The van der Waals surface area contributed by atoms with Crippen LogP contribution in [0.1, 0.15) is 309 Å². The van der Waals surface area contributed by atoms with Gasteiger partial charge in [-0.05, 0) is 44.9 Å². The summed E-state index contributed by atoms with van der Waals surface area (Å²) >= 11 is 0. The molecule has 0 spiro atoms. The third-order valence-electron chi connectivity index (χ3n) is 13.4. The third kappa shape index (κ3) is 55.9. The average Bonchev–Trinajstić information content (AvgIpc) is 3.33. The zero-order valence-corrected chi connectivity index (χ0v) is 46.3. The van der Waals surface area contributed by atoms with Crippen molar-refractivity contribution < 1.29 is 32.8 Å². The van der Waals surface area contributed by atoms with Gasteiger partial charge in [0.2, 0.25) is 0 Å². The topological polar surface area (TPSA) is 117 Å². The van der Waals surface area contributed by atoms with E-state index < -0.39 is 13.9 Å². The highest BCUT2D eigenvalue weighted by atomic mass is 31.2. The minimum absolute atomic E-state index is 0.0922. The van der Waals surface area contributed by atoms with Gasteiger partial charge in [-0.1, -0.05) is 282 Å². The summed E-state index contributed by atoms with van der Waals surface area (Å²) in [6.45, 7) is 4.99. The van der Waals surface area contributed by atoms with Crippen molar-refractivity contribution in [2.24, 2.45) is 5.73 Å². The molecule has 0 aromatic rings. The molecule has 0 aliphatic carbocycles. The number of unbranched alkanes of at least 4 members (excludes halogenated alkanes) is 41. The van der Waals surface area contributed by atoms with Gasteiger partial charge in [0.25, 0.3) is 0 Å². The maximum atomic E-state index is 12.7. The molecule has 0 aliphatic rings. The van der Waals surface area contributed by atoms with Crippen molar-refractivity contribution in [1.29, 1.82) is 0 Å². The van der Waals surface area contributed by atoms with E-state index >= 15 is 0 Å². The molecule has 0 aliphatic heterocycles. The third-order valence-corrected chi connectivity index (χ3v) is 14.4. The lowest BCUT2D eigenvalue weighted by Gasteiger charge is -2.20. The molecule has 0 fully saturated rings. The van der Waals surface area contributed by atoms with Crippen molar-refractivity contribution in [2.45, 2.75) is 315 Å². The van der Waals surface area contributed by atoms with Crippen LogP contribution in [0.5, 0.6) is 0 Å². The fraction of sp³-hybridized carbons (Fsp3) is 0.915. The summed E-state index contributed by atoms with van der Waals surface area (Å²) in [6.07, 6.45) is 68.1. The molecule has 404 valence electrons. The first-order valence-corrected chi connectivity index (χ1v) is 31.3. The Bertz CT molecular complexity index is 1100. The standard InChI is InChI=1S/C59H116NO7P/c1-3-5-7-9-11-13-15-17-19-21-23-25-27-28-29-31-33-35-37-39-41-43-45-47-49-51-54-64-56-58(57-66-68(62,63)65-55-53-60)67-59(61)52-50-48-46-44-42-40-38-36-34-32-30-26-24-22-20-18-16-14-12-10-8-6-4-2/h15,17,21,23,58H,3-14,16,18-20,22,24-57,60H2,1-2H3,(H,62,63)/b17-15-,23-21-. The van der Waals surface area contributed by atoms with Crippen molar-refractivity contribution in [2.75, 3.05) is 33.0 Å². The van der Waals surface area contributed by atoms with E-state index in [2.05, 4.69) is 38.2 Å². The van der Waals surface area contributed by atoms with E-state index in [1.807, 2.05) is 0 Å². The van der Waals surface area contributed by atoms with E-state index in [1.54, 1.807) is 0 Å². The van der Waals surface area contributed by atoms with Gasteiger partial charge in [-0.3, -0.25) is 13.8 Å². The van der Waals surface area contributed by atoms with E-state index in [0.29, 0.717) is 13.0 Å². The molecular weight excluding hydrogens is 866 g/mol. The second-order valence-electron chi connectivity index (χ2n) is 20.2. The molecule has 0 aromatic heterocycles. The van der Waals surface area contributed by atoms with Gasteiger partial charge in [0.15, 0.2) is 0 Å². The Morgan fingerprint density at radius 3 is 1.15 bits per heavy atom. The van der Waals surface area contributed by atoms with Gasteiger partial charge >= 0.3 is 13.8 Å². The lowest BCUT2D eigenvalue weighted by molar-refractivity contribution is -0.154. The lowest BCUT2D eigenvalue weighted by atomic mass is 10.0. The SMILES string of the molecule is CCCCCCC/C=C\C/C=C\CCCCCCCCCCCCCCCCOCC(COP(=O)(O)OCCN)OC(=O)CCCCCCCCCCCCCCCCCCCCCCCCC. The number of carbonyl (C=O) groups excluding carboxylic acids is 1. The number of nitrogens with two attached hydrogens (primary N) is 1. The van der Waals surface area contributed by atoms with Crippen molar-refractivity contribution in [3.63, 3.8) is 0 Å². The summed E-state index contributed by atoms with van der Waals surface area (Å²) in [5.74, 6) is -0.322. The highest BCUT2D eigenvalue weighted by molar-refractivity contribution is 7.47. The van der Waals surface area contributed by atoms with Crippen LogP contribution < -0.4 is 5.73 Å². The molecule has 9 heteroatoms. The molecule has 0 rings (SSSR count). The molecule has 68 heavy (non-hydrogen) atoms. The highest BCUT2D eigenvalue weighted by Crippen LogP contribution is 2.43. The first-order valence-electron chi connectivity index (χ1n) is 29.8. The summed E-state index contributed by atoms with van der Waals surface area (Å²) in [5, 5.41) is 0. The van der Waals surface area contributed by atoms with Crippen molar-refractivity contribution in [1.82, 2.24) is 0 Å². The number of carbonyl (C=O) groups is 1. The fourth-order valence-corrected chi connectivity index (χ4v) is 9.74. The predicted octanol–water partition coefficient (Wildman–Crippen LogP) is 19.1. The van der Waals surface area contributed by atoms with Gasteiger partial charge in [0.05, 0.1) is 19.8 Å². The molecule has 0 aromatic carbocycles. The van der Waals surface area contributed by atoms with Gasteiger partial charge in [-0.25, -0.2) is 4.57 Å². The van der Waals surface area contributed by atoms with Gasteiger partial charge in [0.1, 0.15) is 6.10 Å². The first-order chi connectivity index (χ1) is 33.4. The second-order valence-corrected chi connectivity index (χ2v) is 21.7. The van der Waals surface area contributed by atoms with E-state index in [1.165, 1.54) is 250 Å². The number of hydrogen-bond donors (Lipinski definition) is 2. The molecule has 0 saturated carbocycles. The molecule has 0 amide bonds. The molecule has 2 unspecified atom stereocenters. The van der Waals surface area contributed by atoms with Gasteiger partial charge in [-0.15, -0.1) is 0 Å². The number of esters is 1. The van der Waals surface area contributed by atoms with Gasteiger partial charge < -0.3 is 20.1 Å². The minimum atomic E-state index is -4.28. The summed E-state index contributed by atoms with van der Waals surface area (Å²) in [7, 11) is -4.28. The number of hydrogen-bond acceptors (Lipinski definition) is 7. The monoisotopic (exact) mass is 982 g/mol. The van der Waals surface area contributed by atoms with E-state index in [4.69, 9.17) is 24.3 Å². The van der Waals surface area contributed by atoms with Crippen molar-refractivity contribution >= 4 is 13.8 Å². The van der Waals surface area contributed by atoms with Crippen molar-refractivity contribution in [3.8, 4) is 0 Å². The molecular formula is C59H116NO7P. The van der Waals surface area contributed by atoms with Crippen LogP contribution in [-0.4, -0.2) is 49.9 Å². The van der Waals surface area contributed by atoms with Crippen LogP contribution in [0.4, 0.5) is 0 Å². The van der Waals surface area contributed by atoms with E-state index in [9.17, 15) is 14.3 Å². The quantitative estimate of drug-likeness (QED) is 0.0268. The van der Waals surface area contributed by atoms with Crippen LogP contribution in [0.15, 0.2) is 24.3 Å². The zero-order valence-electron chi connectivity index (χ0n) is 45.4. The number of rotatable bonds is 58. The number of ether oxygens (including phenoxy) is 2. The predicted molar refractivity (Wildman–Crippen MR) is 293 cm³/mol. The Balaban J connectivity index is 3.82. The number of phosphoric acid groups is 1. The molecule has 0 bridgehead atoms. The Kier molecular flexibility index (Phi) is 56.0. The second kappa shape index (κ2) is 56.9. The molecule has 3 N–H and O–H groups in total. The van der Waals surface area contributed by atoms with E-state index in [-0.39, 0.29) is 32.3 Å². The van der Waals surface area contributed by atoms with Crippen LogP contribution in [0, 0.1) is 0 Å². The smallest absolute Gasteiger partial charge is 0.457 e. The number of phosphoric ester groups is 1. The molecule has 2 atom stereocenters. The van der Waals surface area contributed by atoms with Crippen LogP contribution >= 0.6 is 7.82 Å². The van der Waals surface area contributed by atoms with Crippen LogP contribution in [0.2, 0.25) is 0 Å². The molecule has 8 nitrogen and oxygen atoms in total. The Morgan fingerprint density at radius 1 is 0.441 bits per heavy atom. The maximum absolute atomic E-state index is 12.7. The van der Waals surface area contributed by atoms with Gasteiger partial charge in [0, 0.05) is 19.6 Å². The largest absolute Gasteiger partial charge is 0.472 e. The maximum Gasteiger partial charge on any atom is 0.472 e. The normalized spacial score (nSPS) is 13.3.